The molecule has 1 rings (SSSR count). The summed E-state index contributed by atoms with van der Waals surface area (Å²) < 4.78 is 73.1. The number of halogens is 6. The Labute approximate surface area is 102 Å². The molecule has 6 heteroatoms. The maximum absolute atomic E-state index is 12.2. The van der Waals surface area contributed by atoms with Crippen LogP contribution in [0.2, 0.25) is 0 Å². The minimum atomic E-state index is -4.76. The molecule has 0 heterocycles. The number of hydrogen-bond acceptors (Lipinski definition) is 0. The van der Waals surface area contributed by atoms with E-state index in [2.05, 4.69) is 13.8 Å². The molecule has 0 aromatic heterocycles. The van der Waals surface area contributed by atoms with Crippen LogP contribution in [0.4, 0.5) is 26.3 Å². The third kappa shape index (κ3) is 4.98. The van der Waals surface area contributed by atoms with Crippen LogP contribution in [0.5, 0.6) is 0 Å². The SMILES string of the molecule is CCC.Cc1ccc(C(F)(F)F)cc1C(F)(F)F. The lowest BCUT2D eigenvalue weighted by Gasteiger charge is -2.13. The fourth-order valence-corrected chi connectivity index (χ4v) is 1.10. The molecule has 0 saturated carbocycles. The Bertz CT molecular complexity index is 375. The van der Waals surface area contributed by atoms with E-state index in [1.165, 1.54) is 6.42 Å². The van der Waals surface area contributed by atoms with Crippen LogP contribution in [0.15, 0.2) is 18.2 Å². The molecule has 0 bridgehead atoms. The number of benzene rings is 1. The second-order valence-corrected chi connectivity index (χ2v) is 3.73. The van der Waals surface area contributed by atoms with Crippen LogP contribution in [0.25, 0.3) is 0 Å². The first-order valence-electron chi connectivity index (χ1n) is 5.29. The first-order chi connectivity index (χ1) is 8.04. The number of alkyl halides is 6. The second-order valence-electron chi connectivity index (χ2n) is 3.73. The highest BCUT2D eigenvalue weighted by Gasteiger charge is 2.37. The van der Waals surface area contributed by atoms with E-state index in [0.717, 1.165) is 13.0 Å². The highest BCUT2D eigenvalue weighted by molar-refractivity contribution is 5.34. The molecular formula is C12H14F6. The van der Waals surface area contributed by atoms with E-state index in [1.54, 1.807) is 0 Å². The van der Waals surface area contributed by atoms with Gasteiger partial charge in [-0.05, 0) is 24.6 Å². The molecule has 0 aliphatic rings. The van der Waals surface area contributed by atoms with Crippen LogP contribution in [0.1, 0.15) is 37.0 Å². The molecule has 0 nitrogen and oxygen atoms in total. The van der Waals surface area contributed by atoms with Gasteiger partial charge in [0.15, 0.2) is 0 Å². The maximum Gasteiger partial charge on any atom is 0.416 e. The molecule has 0 spiro atoms. The van der Waals surface area contributed by atoms with Crippen LogP contribution in [-0.2, 0) is 12.4 Å². The van der Waals surface area contributed by atoms with Gasteiger partial charge >= 0.3 is 12.4 Å². The summed E-state index contributed by atoms with van der Waals surface area (Å²) in [5.74, 6) is 0. The summed E-state index contributed by atoms with van der Waals surface area (Å²) in [6.07, 6.45) is -8.26. The molecule has 18 heavy (non-hydrogen) atoms. The van der Waals surface area contributed by atoms with Crippen molar-refractivity contribution in [1.29, 1.82) is 0 Å². The van der Waals surface area contributed by atoms with E-state index in [1.807, 2.05) is 0 Å². The van der Waals surface area contributed by atoms with Crippen LogP contribution in [-0.4, -0.2) is 0 Å². The second kappa shape index (κ2) is 6.11. The lowest BCUT2D eigenvalue weighted by atomic mass is 10.0. The van der Waals surface area contributed by atoms with Crippen molar-refractivity contribution in [3.8, 4) is 0 Å². The zero-order valence-corrected chi connectivity index (χ0v) is 10.2. The van der Waals surface area contributed by atoms with Crippen LogP contribution >= 0.6 is 0 Å². The van der Waals surface area contributed by atoms with Crippen LogP contribution in [0, 0.1) is 6.92 Å². The monoisotopic (exact) mass is 272 g/mol. The summed E-state index contributed by atoms with van der Waals surface area (Å²) in [7, 11) is 0. The van der Waals surface area contributed by atoms with Gasteiger partial charge in [-0.15, -0.1) is 0 Å². The Morgan fingerprint density at radius 2 is 1.33 bits per heavy atom. The summed E-state index contributed by atoms with van der Waals surface area (Å²) in [6.45, 7) is 5.36. The summed E-state index contributed by atoms with van der Waals surface area (Å²) in [4.78, 5) is 0. The highest BCUT2D eigenvalue weighted by Crippen LogP contribution is 2.36. The molecule has 0 saturated heterocycles. The molecule has 0 N–H and O–H groups in total. The van der Waals surface area contributed by atoms with Crippen molar-refractivity contribution in [3.63, 3.8) is 0 Å². The minimum absolute atomic E-state index is 0.120. The quantitative estimate of drug-likeness (QED) is 0.551. The largest absolute Gasteiger partial charge is 0.416 e. The Morgan fingerprint density at radius 1 is 0.889 bits per heavy atom. The fraction of sp³-hybridized carbons (Fsp3) is 0.500. The minimum Gasteiger partial charge on any atom is -0.166 e. The third-order valence-corrected chi connectivity index (χ3v) is 1.87. The average Bonchev–Trinajstić information content (AvgIpc) is 2.15. The summed E-state index contributed by atoms with van der Waals surface area (Å²) in [5.41, 5.74) is -2.77. The predicted molar refractivity (Wildman–Crippen MR) is 57.1 cm³/mol. The van der Waals surface area contributed by atoms with E-state index in [4.69, 9.17) is 0 Å². The predicted octanol–water partition coefficient (Wildman–Crippen LogP) is 5.45. The van der Waals surface area contributed by atoms with Gasteiger partial charge in [0, 0.05) is 0 Å². The van der Waals surface area contributed by atoms with E-state index in [0.29, 0.717) is 6.07 Å². The molecule has 0 unspecified atom stereocenters. The van der Waals surface area contributed by atoms with Gasteiger partial charge in [-0.1, -0.05) is 26.3 Å². The summed E-state index contributed by atoms with van der Waals surface area (Å²) in [6, 6.07) is 1.56. The molecule has 0 aliphatic carbocycles. The highest BCUT2D eigenvalue weighted by atomic mass is 19.4. The Balaban J connectivity index is 0.000000873. The van der Waals surface area contributed by atoms with Gasteiger partial charge in [0.25, 0.3) is 0 Å². The molecule has 0 fully saturated rings. The van der Waals surface area contributed by atoms with Crippen molar-refractivity contribution in [1.82, 2.24) is 0 Å². The van der Waals surface area contributed by atoms with Crippen LogP contribution < -0.4 is 0 Å². The molecule has 0 aliphatic heterocycles. The van der Waals surface area contributed by atoms with Gasteiger partial charge in [-0.3, -0.25) is 0 Å². The van der Waals surface area contributed by atoms with Crippen molar-refractivity contribution in [3.05, 3.63) is 34.9 Å². The molecule has 1 aromatic carbocycles. The Morgan fingerprint density at radius 3 is 1.67 bits per heavy atom. The van der Waals surface area contributed by atoms with Gasteiger partial charge in [0.2, 0.25) is 0 Å². The molecule has 0 atom stereocenters. The summed E-state index contributed by atoms with van der Waals surface area (Å²) in [5, 5.41) is 0. The average molecular weight is 272 g/mol. The van der Waals surface area contributed by atoms with Crippen molar-refractivity contribution in [2.45, 2.75) is 39.5 Å². The molecule has 104 valence electrons. The molecule has 0 amide bonds. The van der Waals surface area contributed by atoms with Gasteiger partial charge in [-0.2, -0.15) is 26.3 Å². The Hall–Kier alpha value is -1.20. The lowest BCUT2D eigenvalue weighted by Crippen LogP contribution is -2.12. The van der Waals surface area contributed by atoms with E-state index >= 15 is 0 Å². The topological polar surface area (TPSA) is 0 Å². The van der Waals surface area contributed by atoms with Gasteiger partial charge in [-0.25, -0.2) is 0 Å². The van der Waals surface area contributed by atoms with Crippen molar-refractivity contribution in [2.75, 3.05) is 0 Å². The van der Waals surface area contributed by atoms with E-state index in [9.17, 15) is 26.3 Å². The van der Waals surface area contributed by atoms with Crippen LogP contribution in [0.3, 0.4) is 0 Å². The van der Waals surface area contributed by atoms with Gasteiger partial charge in [0.05, 0.1) is 11.1 Å². The zero-order valence-electron chi connectivity index (χ0n) is 10.2. The normalized spacial score (nSPS) is 11.8. The van der Waals surface area contributed by atoms with Crippen molar-refractivity contribution < 1.29 is 26.3 Å². The van der Waals surface area contributed by atoms with Crippen molar-refractivity contribution in [2.24, 2.45) is 0 Å². The van der Waals surface area contributed by atoms with E-state index in [-0.39, 0.29) is 11.6 Å². The lowest BCUT2D eigenvalue weighted by molar-refractivity contribution is -0.143. The third-order valence-electron chi connectivity index (χ3n) is 1.87. The van der Waals surface area contributed by atoms with Gasteiger partial charge in [0.1, 0.15) is 0 Å². The molecule has 1 aromatic rings. The first-order valence-corrected chi connectivity index (χ1v) is 5.29. The first kappa shape index (κ1) is 16.8. The molecular weight excluding hydrogens is 258 g/mol. The number of rotatable bonds is 0. The van der Waals surface area contributed by atoms with Gasteiger partial charge < -0.3 is 0 Å². The summed E-state index contributed by atoms with van der Waals surface area (Å²) >= 11 is 0. The number of hydrogen-bond donors (Lipinski definition) is 0. The zero-order chi connectivity index (χ0) is 14.6. The number of aryl methyl sites for hydroxylation is 1. The standard InChI is InChI=1S/C9H6F6.C3H8/c1-5-2-3-6(8(10,11)12)4-7(5)9(13,14)15;1-3-2/h2-4H,1H3;3H2,1-2H3. The molecule has 0 radical (unpaired) electrons. The smallest absolute Gasteiger partial charge is 0.166 e. The fourth-order valence-electron chi connectivity index (χ4n) is 1.10. The van der Waals surface area contributed by atoms with E-state index < -0.39 is 23.5 Å². The maximum atomic E-state index is 12.2. The van der Waals surface area contributed by atoms with Crippen molar-refractivity contribution >= 4 is 0 Å². The Kier molecular flexibility index (Phi) is 5.70.